The first-order chi connectivity index (χ1) is 6.15. The van der Waals surface area contributed by atoms with Crippen LogP contribution in [0.3, 0.4) is 0 Å². The highest BCUT2D eigenvalue weighted by molar-refractivity contribution is 6.30. The van der Waals surface area contributed by atoms with Gasteiger partial charge in [0.2, 0.25) is 0 Å². The minimum Gasteiger partial charge on any atom is -0.319 e. The van der Waals surface area contributed by atoms with Crippen molar-refractivity contribution in [2.75, 3.05) is 13.6 Å². The Morgan fingerprint density at radius 2 is 2.08 bits per heavy atom. The zero-order chi connectivity index (χ0) is 9.84. The molecule has 72 valence electrons. The lowest BCUT2D eigenvalue weighted by Gasteiger charge is -2.04. The number of likely N-dealkylation sites (N-methyl/N-ethyl adjacent to an activating group) is 1. The maximum absolute atomic E-state index is 13.0. The number of nitrogens with one attached hydrogen (secondary N) is 1. The fourth-order valence-electron chi connectivity index (χ4n) is 1.05. The molecule has 0 unspecified atom stereocenters. The molecule has 1 aromatic carbocycles. The van der Waals surface area contributed by atoms with E-state index in [1.165, 1.54) is 6.07 Å². The summed E-state index contributed by atoms with van der Waals surface area (Å²) in [6.45, 7) is 0.594. The second-order valence-corrected chi connectivity index (χ2v) is 3.15. The Hall–Kier alpha value is -0.670. The van der Waals surface area contributed by atoms with Gasteiger partial charge in [-0.1, -0.05) is 11.6 Å². The summed E-state index contributed by atoms with van der Waals surface area (Å²) in [5.41, 5.74) is 0.305. The van der Waals surface area contributed by atoms with E-state index in [2.05, 4.69) is 5.32 Å². The van der Waals surface area contributed by atoms with Gasteiger partial charge in [0.05, 0.1) is 0 Å². The predicted molar refractivity (Wildman–Crippen MR) is 49.0 cm³/mol. The normalized spacial score (nSPS) is 10.5. The summed E-state index contributed by atoms with van der Waals surface area (Å²) in [6, 6.07) is 2.41. The van der Waals surface area contributed by atoms with E-state index in [9.17, 15) is 8.78 Å². The number of hydrogen-bond donors (Lipinski definition) is 1. The summed E-state index contributed by atoms with van der Waals surface area (Å²) in [4.78, 5) is 0. The number of halogens is 3. The summed E-state index contributed by atoms with van der Waals surface area (Å²) >= 11 is 5.57. The summed E-state index contributed by atoms with van der Waals surface area (Å²) in [6.07, 6.45) is 0.430. The van der Waals surface area contributed by atoms with Gasteiger partial charge in [-0.15, -0.1) is 0 Å². The molecule has 0 saturated heterocycles. The SMILES string of the molecule is CNCCc1cc(Cl)cc(F)c1F. The van der Waals surface area contributed by atoms with Crippen molar-refractivity contribution in [3.8, 4) is 0 Å². The van der Waals surface area contributed by atoms with Crippen LogP contribution in [0.5, 0.6) is 0 Å². The molecule has 0 bridgehead atoms. The van der Waals surface area contributed by atoms with Gasteiger partial charge in [-0.3, -0.25) is 0 Å². The molecular weight excluding hydrogens is 196 g/mol. The quantitative estimate of drug-likeness (QED) is 0.748. The van der Waals surface area contributed by atoms with E-state index in [-0.39, 0.29) is 5.02 Å². The molecule has 0 aliphatic carbocycles. The fourth-order valence-corrected chi connectivity index (χ4v) is 1.28. The third-order valence-electron chi connectivity index (χ3n) is 1.71. The molecule has 0 spiro atoms. The number of rotatable bonds is 3. The molecule has 1 aromatic rings. The van der Waals surface area contributed by atoms with Crippen molar-refractivity contribution in [3.05, 3.63) is 34.4 Å². The van der Waals surface area contributed by atoms with Gasteiger partial charge in [0.1, 0.15) is 0 Å². The zero-order valence-electron chi connectivity index (χ0n) is 7.20. The van der Waals surface area contributed by atoms with Crippen molar-refractivity contribution >= 4 is 11.6 Å². The Balaban J connectivity index is 2.92. The van der Waals surface area contributed by atoms with E-state index in [4.69, 9.17) is 11.6 Å². The van der Waals surface area contributed by atoms with E-state index >= 15 is 0 Å². The number of benzene rings is 1. The van der Waals surface area contributed by atoms with Crippen LogP contribution in [0.25, 0.3) is 0 Å². The standard InChI is InChI=1S/C9H10ClF2N/c1-13-3-2-6-4-7(10)5-8(11)9(6)12/h4-5,13H,2-3H2,1H3. The molecule has 0 atom stereocenters. The predicted octanol–water partition coefficient (Wildman–Crippen LogP) is 2.38. The highest BCUT2D eigenvalue weighted by Gasteiger charge is 2.09. The molecule has 1 rings (SSSR count). The average Bonchev–Trinajstić information content (AvgIpc) is 2.09. The minimum absolute atomic E-state index is 0.227. The molecule has 0 amide bonds. The van der Waals surface area contributed by atoms with Gasteiger partial charge in [0.15, 0.2) is 11.6 Å². The zero-order valence-corrected chi connectivity index (χ0v) is 7.96. The first kappa shape index (κ1) is 10.4. The first-order valence-corrected chi connectivity index (χ1v) is 4.31. The molecule has 13 heavy (non-hydrogen) atoms. The molecule has 0 aliphatic heterocycles. The van der Waals surface area contributed by atoms with E-state index in [1.807, 2.05) is 0 Å². The van der Waals surface area contributed by atoms with Crippen molar-refractivity contribution in [1.29, 1.82) is 0 Å². The van der Waals surface area contributed by atoms with Crippen LogP contribution in [-0.4, -0.2) is 13.6 Å². The summed E-state index contributed by atoms with van der Waals surface area (Å²) in [7, 11) is 1.75. The lowest BCUT2D eigenvalue weighted by atomic mass is 10.1. The Bertz CT molecular complexity index is 302. The smallest absolute Gasteiger partial charge is 0.162 e. The van der Waals surface area contributed by atoms with Crippen LogP contribution in [-0.2, 0) is 6.42 Å². The largest absolute Gasteiger partial charge is 0.319 e. The maximum Gasteiger partial charge on any atom is 0.162 e. The van der Waals surface area contributed by atoms with Crippen LogP contribution in [0, 0.1) is 11.6 Å². The molecule has 0 aromatic heterocycles. The second-order valence-electron chi connectivity index (χ2n) is 2.71. The van der Waals surface area contributed by atoms with Crippen LogP contribution < -0.4 is 5.32 Å². The van der Waals surface area contributed by atoms with Crippen molar-refractivity contribution in [3.63, 3.8) is 0 Å². The highest BCUT2D eigenvalue weighted by Crippen LogP contribution is 2.18. The fraction of sp³-hybridized carbons (Fsp3) is 0.333. The maximum atomic E-state index is 13.0. The summed E-state index contributed by atoms with van der Waals surface area (Å²) < 4.78 is 25.8. The summed E-state index contributed by atoms with van der Waals surface area (Å²) in [5.74, 6) is -1.70. The van der Waals surface area contributed by atoms with Crippen molar-refractivity contribution in [2.45, 2.75) is 6.42 Å². The molecule has 0 radical (unpaired) electrons. The Morgan fingerprint density at radius 1 is 1.38 bits per heavy atom. The molecule has 1 nitrogen and oxygen atoms in total. The summed E-state index contributed by atoms with van der Waals surface area (Å²) in [5, 5.41) is 3.08. The van der Waals surface area contributed by atoms with Crippen molar-refractivity contribution in [2.24, 2.45) is 0 Å². The minimum atomic E-state index is -0.890. The molecule has 0 aliphatic rings. The number of hydrogen-bond acceptors (Lipinski definition) is 1. The van der Waals surface area contributed by atoms with Crippen molar-refractivity contribution in [1.82, 2.24) is 5.32 Å². The molecule has 0 saturated carbocycles. The third-order valence-corrected chi connectivity index (χ3v) is 1.93. The van der Waals surface area contributed by atoms with Crippen molar-refractivity contribution < 1.29 is 8.78 Å². The molecule has 1 N–H and O–H groups in total. The van der Waals surface area contributed by atoms with Crippen LogP contribution in [0.4, 0.5) is 8.78 Å². The topological polar surface area (TPSA) is 12.0 Å². The van der Waals surface area contributed by atoms with E-state index in [0.717, 1.165) is 6.07 Å². The van der Waals surface area contributed by atoms with Gasteiger partial charge in [-0.25, -0.2) is 8.78 Å². The van der Waals surface area contributed by atoms with Gasteiger partial charge in [-0.05, 0) is 37.7 Å². The lowest BCUT2D eigenvalue weighted by molar-refractivity contribution is 0.497. The van der Waals surface area contributed by atoms with Crippen LogP contribution in [0.15, 0.2) is 12.1 Å². The average molecular weight is 206 g/mol. The van der Waals surface area contributed by atoms with Crippen LogP contribution in [0.2, 0.25) is 5.02 Å². The van der Waals surface area contributed by atoms with Crippen LogP contribution in [0.1, 0.15) is 5.56 Å². The van der Waals surface area contributed by atoms with E-state index < -0.39 is 11.6 Å². The van der Waals surface area contributed by atoms with Gasteiger partial charge in [-0.2, -0.15) is 0 Å². The molecule has 0 fully saturated rings. The second kappa shape index (κ2) is 4.53. The Kier molecular flexibility index (Phi) is 3.63. The van der Waals surface area contributed by atoms with Gasteiger partial charge in [0, 0.05) is 5.02 Å². The van der Waals surface area contributed by atoms with Crippen LogP contribution >= 0.6 is 11.6 Å². The Morgan fingerprint density at radius 3 is 2.69 bits per heavy atom. The van der Waals surface area contributed by atoms with Gasteiger partial charge < -0.3 is 5.32 Å². The van der Waals surface area contributed by atoms with Gasteiger partial charge in [0.25, 0.3) is 0 Å². The lowest BCUT2D eigenvalue weighted by Crippen LogP contribution is -2.11. The Labute approximate surface area is 80.7 Å². The monoisotopic (exact) mass is 205 g/mol. The molecular formula is C9H10ClF2N. The molecule has 0 heterocycles. The first-order valence-electron chi connectivity index (χ1n) is 3.93. The highest BCUT2D eigenvalue weighted by atomic mass is 35.5. The molecule has 4 heteroatoms. The van der Waals surface area contributed by atoms with E-state index in [0.29, 0.717) is 18.5 Å². The third kappa shape index (κ3) is 2.64. The van der Waals surface area contributed by atoms with Gasteiger partial charge >= 0.3 is 0 Å². The van der Waals surface area contributed by atoms with E-state index in [1.54, 1.807) is 7.05 Å².